The standard InChI is InChI=1S/C11H13N3O5/c1-19-7-6-12-10(15)11(16)13-8-2-4-9(5-3-8)14(17)18/h2-5H,6-7H2,1H3,(H,12,15)(H,13,16). The molecule has 1 rings (SSSR count). The molecule has 2 N–H and O–H groups in total. The molecular weight excluding hydrogens is 254 g/mol. The van der Waals surface area contributed by atoms with E-state index in [1.165, 1.54) is 31.4 Å². The molecule has 8 nitrogen and oxygen atoms in total. The molecule has 8 heteroatoms. The van der Waals surface area contributed by atoms with Gasteiger partial charge in [-0.2, -0.15) is 0 Å². The van der Waals surface area contributed by atoms with Crippen LogP contribution in [0.2, 0.25) is 0 Å². The largest absolute Gasteiger partial charge is 0.383 e. The monoisotopic (exact) mass is 267 g/mol. The summed E-state index contributed by atoms with van der Waals surface area (Å²) in [6.45, 7) is 0.527. The normalized spacial score (nSPS) is 9.74. The Labute approximate surface area is 108 Å². The highest BCUT2D eigenvalue weighted by atomic mass is 16.6. The Bertz CT molecular complexity index is 472. The highest BCUT2D eigenvalue weighted by Crippen LogP contribution is 2.15. The van der Waals surface area contributed by atoms with Crippen LogP contribution >= 0.6 is 0 Å². The molecule has 0 bridgehead atoms. The zero-order chi connectivity index (χ0) is 14.3. The maximum Gasteiger partial charge on any atom is 0.313 e. The molecule has 1 aromatic carbocycles. The molecule has 102 valence electrons. The molecule has 2 amide bonds. The van der Waals surface area contributed by atoms with Gasteiger partial charge in [0, 0.05) is 31.5 Å². The summed E-state index contributed by atoms with van der Waals surface area (Å²) in [6.07, 6.45) is 0. The Morgan fingerprint density at radius 2 is 1.89 bits per heavy atom. The summed E-state index contributed by atoms with van der Waals surface area (Å²) in [5.74, 6) is -1.64. The van der Waals surface area contributed by atoms with Crippen LogP contribution in [0.5, 0.6) is 0 Å². The molecule has 0 spiro atoms. The highest BCUT2D eigenvalue weighted by molar-refractivity contribution is 6.39. The number of benzene rings is 1. The van der Waals surface area contributed by atoms with Gasteiger partial charge in [-0.05, 0) is 12.1 Å². The fourth-order valence-corrected chi connectivity index (χ4v) is 1.20. The van der Waals surface area contributed by atoms with E-state index in [1.807, 2.05) is 0 Å². The average Bonchev–Trinajstić information content (AvgIpc) is 2.39. The summed E-state index contributed by atoms with van der Waals surface area (Å²) in [7, 11) is 1.48. The Morgan fingerprint density at radius 3 is 2.42 bits per heavy atom. The fourth-order valence-electron chi connectivity index (χ4n) is 1.20. The van der Waals surface area contributed by atoms with E-state index in [0.29, 0.717) is 12.3 Å². The van der Waals surface area contributed by atoms with Gasteiger partial charge < -0.3 is 15.4 Å². The minimum atomic E-state index is -0.843. The SMILES string of the molecule is COCCNC(=O)C(=O)Nc1ccc([N+](=O)[O-])cc1. The molecule has 0 saturated heterocycles. The van der Waals surface area contributed by atoms with E-state index >= 15 is 0 Å². The van der Waals surface area contributed by atoms with Crippen molar-refractivity contribution >= 4 is 23.2 Å². The van der Waals surface area contributed by atoms with Crippen LogP contribution in [-0.4, -0.2) is 37.0 Å². The fraction of sp³-hybridized carbons (Fsp3) is 0.273. The number of carbonyl (C=O) groups excluding carboxylic acids is 2. The van der Waals surface area contributed by atoms with E-state index < -0.39 is 16.7 Å². The second-order valence-corrected chi connectivity index (χ2v) is 3.51. The van der Waals surface area contributed by atoms with Crippen LogP contribution in [0, 0.1) is 10.1 Å². The first-order chi connectivity index (χ1) is 9.04. The topological polar surface area (TPSA) is 111 Å². The van der Waals surface area contributed by atoms with E-state index in [0.717, 1.165) is 0 Å². The minimum absolute atomic E-state index is 0.0949. The lowest BCUT2D eigenvalue weighted by Gasteiger charge is -2.05. The number of nitro groups is 1. The third kappa shape index (κ3) is 4.72. The van der Waals surface area contributed by atoms with Crippen molar-refractivity contribution in [2.75, 3.05) is 25.6 Å². The lowest BCUT2D eigenvalue weighted by Crippen LogP contribution is -2.37. The van der Waals surface area contributed by atoms with Crippen molar-refractivity contribution < 1.29 is 19.2 Å². The summed E-state index contributed by atoms with van der Waals surface area (Å²) in [4.78, 5) is 32.6. The molecule has 0 aliphatic carbocycles. The van der Waals surface area contributed by atoms with E-state index in [2.05, 4.69) is 10.6 Å². The first-order valence-corrected chi connectivity index (χ1v) is 5.37. The van der Waals surface area contributed by atoms with Crippen LogP contribution in [0.3, 0.4) is 0 Å². The van der Waals surface area contributed by atoms with Crippen LogP contribution in [-0.2, 0) is 14.3 Å². The van der Waals surface area contributed by atoms with Crippen molar-refractivity contribution in [3.8, 4) is 0 Å². The summed E-state index contributed by atoms with van der Waals surface area (Å²) in [5.41, 5.74) is 0.208. The highest BCUT2D eigenvalue weighted by Gasteiger charge is 2.13. The van der Waals surface area contributed by atoms with E-state index in [1.54, 1.807) is 0 Å². The van der Waals surface area contributed by atoms with E-state index in [4.69, 9.17) is 4.74 Å². The van der Waals surface area contributed by atoms with Gasteiger partial charge in [0.1, 0.15) is 0 Å². The van der Waals surface area contributed by atoms with Crippen molar-refractivity contribution in [2.45, 2.75) is 0 Å². The van der Waals surface area contributed by atoms with Crippen LogP contribution < -0.4 is 10.6 Å². The lowest BCUT2D eigenvalue weighted by atomic mass is 10.3. The van der Waals surface area contributed by atoms with Gasteiger partial charge >= 0.3 is 11.8 Å². The van der Waals surface area contributed by atoms with Gasteiger partial charge in [0.05, 0.1) is 11.5 Å². The van der Waals surface area contributed by atoms with E-state index in [9.17, 15) is 19.7 Å². The van der Waals surface area contributed by atoms with Crippen molar-refractivity contribution in [2.24, 2.45) is 0 Å². The Morgan fingerprint density at radius 1 is 1.26 bits per heavy atom. The zero-order valence-electron chi connectivity index (χ0n) is 10.2. The number of anilines is 1. The molecule has 0 aliphatic rings. The van der Waals surface area contributed by atoms with Crippen LogP contribution in [0.4, 0.5) is 11.4 Å². The number of methoxy groups -OCH3 is 1. The molecular formula is C11H13N3O5. The number of rotatable bonds is 5. The predicted octanol–water partition coefficient (Wildman–Crippen LogP) is 0.296. The molecule has 0 heterocycles. The molecule has 0 fully saturated rings. The molecule has 0 radical (unpaired) electrons. The predicted molar refractivity (Wildman–Crippen MR) is 66.6 cm³/mol. The number of hydrogen-bond acceptors (Lipinski definition) is 5. The van der Waals surface area contributed by atoms with Gasteiger partial charge in [0.2, 0.25) is 0 Å². The van der Waals surface area contributed by atoms with Crippen LogP contribution in [0.1, 0.15) is 0 Å². The Kier molecular flexibility index (Phi) is 5.42. The number of carbonyl (C=O) groups is 2. The number of ether oxygens (including phenoxy) is 1. The third-order valence-electron chi connectivity index (χ3n) is 2.13. The van der Waals surface area contributed by atoms with Crippen molar-refractivity contribution in [1.82, 2.24) is 5.32 Å². The van der Waals surface area contributed by atoms with Crippen molar-refractivity contribution in [1.29, 1.82) is 0 Å². The van der Waals surface area contributed by atoms with Crippen LogP contribution in [0.15, 0.2) is 24.3 Å². The summed E-state index contributed by atoms with van der Waals surface area (Å²) < 4.78 is 4.72. The van der Waals surface area contributed by atoms with Gasteiger partial charge in [-0.15, -0.1) is 0 Å². The molecule has 0 unspecified atom stereocenters. The smallest absolute Gasteiger partial charge is 0.313 e. The summed E-state index contributed by atoms with van der Waals surface area (Å²) in [6, 6.07) is 5.16. The van der Waals surface area contributed by atoms with E-state index in [-0.39, 0.29) is 12.2 Å². The summed E-state index contributed by atoms with van der Waals surface area (Å²) >= 11 is 0. The Hall–Kier alpha value is -2.48. The number of nitrogens with zero attached hydrogens (tertiary/aromatic N) is 1. The second kappa shape index (κ2) is 7.07. The first-order valence-electron chi connectivity index (χ1n) is 5.37. The van der Waals surface area contributed by atoms with Gasteiger partial charge in [0.15, 0.2) is 0 Å². The molecule has 0 aliphatic heterocycles. The minimum Gasteiger partial charge on any atom is -0.383 e. The molecule has 0 aromatic heterocycles. The molecule has 0 atom stereocenters. The van der Waals surface area contributed by atoms with Gasteiger partial charge in [0.25, 0.3) is 5.69 Å². The number of nitrogens with one attached hydrogen (secondary N) is 2. The Balaban J connectivity index is 2.52. The summed E-state index contributed by atoms with van der Waals surface area (Å²) in [5, 5.41) is 15.1. The lowest BCUT2D eigenvalue weighted by molar-refractivity contribution is -0.384. The quantitative estimate of drug-likeness (QED) is 0.345. The third-order valence-corrected chi connectivity index (χ3v) is 2.13. The molecule has 19 heavy (non-hydrogen) atoms. The van der Waals surface area contributed by atoms with Gasteiger partial charge in [-0.3, -0.25) is 19.7 Å². The van der Waals surface area contributed by atoms with Gasteiger partial charge in [-0.1, -0.05) is 0 Å². The van der Waals surface area contributed by atoms with Crippen molar-refractivity contribution in [3.63, 3.8) is 0 Å². The number of non-ortho nitro benzene ring substituents is 1. The molecule has 1 aromatic rings. The number of hydrogen-bond donors (Lipinski definition) is 2. The van der Waals surface area contributed by atoms with Crippen molar-refractivity contribution in [3.05, 3.63) is 34.4 Å². The number of nitro benzene ring substituents is 1. The first kappa shape index (κ1) is 14.6. The number of amides is 2. The average molecular weight is 267 g/mol. The second-order valence-electron chi connectivity index (χ2n) is 3.51. The maximum atomic E-state index is 11.4. The zero-order valence-corrected chi connectivity index (χ0v) is 10.2. The molecule has 0 saturated carbocycles. The van der Waals surface area contributed by atoms with Crippen LogP contribution in [0.25, 0.3) is 0 Å². The van der Waals surface area contributed by atoms with Gasteiger partial charge in [-0.25, -0.2) is 0 Å². The maximum absolute atomic E-state index is 11.4.